The Balaban J connectivity index is 1.49. The number of aromatic nitrogens is 2. The number of nitrogens with one attached hydrogen (secondary N) is 1. The van der Waals surface area contributed by atoms with Crippen molar-refractivity contribution < 1.29 is 4.79 Å². The molecule has 0 radical (unpaired) electrons. The molecule has 0 bridgehead atoms. The fourth-order valence-electron chi connectivity index (χ4n) is 2.93. The zero-order chi connectivity index (χ0) is 15.4. The fourth-order valence-corrected chi connectivity index (χ4v) is 3.58. The summed E-state index contributed by atoms with van der Waals surface area (Å²) in [5.74, 6) is 0.108. The van der Waals surface area contributed by atoms with Crippen LogP contribution >= 0.6 is 11.3 Å². The van der Waals surface area contributed by atoms with Gasteiger partial charge in [0.1, 0.15) is 0 Å². The van der Waals surface area contributed by atoms with E-state index in [0.29, 0.717) is 19.1 Å². The average molecular weight is 318 g/mol. The topological polar surface area (TPSA) is 50.2 Å². The number of nitrogens with zero attached hydrogens (tertiary/aromatic N) is 3. The van der Waals surface area contributed by atoms with E-state index in [4.69, 9.17) is 0 Å². The van der Waals surface area contributed by atoms with Crippen LogP contribution in [0.1, 0.15) is 23.3 Å². The van der Waals surface area contributed by atoms with Gasteiger partial charge in [0, 0.05) is 17.1 Å². The van der Waals surface area contributed by atoms with Crippen molar-refractivity contribution in [1.29, 1.82) is 0 Å². The highest BCUT2D eigenvalue weighted by Gasteiger charge is 2.26. The second kappa shape index (κ2) is 7.07. The first-order valence-electron chi connectivity index (χ1n) is 7.73. The molecule has 0 spiro atoms. The van der Waals surface area contributed by atoms with Crippen LogP contribution in [0.15, 0.2) is 29.9 Å². The van der Waals surface area contributed by atoms with Gasteiger partial charge in [-0.15, -0.1) is 11.3 Å². The summed E-state index contributed by atoms with van der Waals surface area (Å²) in [4.78, 5) is 15.6. The van der Waals surface area contributed by atoms with E-state index in [1.165, 1.54) is 10.4 Å². The van der Waals surface area contributed by atoms with Gasteiger partial charge in [-0.25, -0.2) is 0 Å². The van der Waals surface area contributed by atoms with Gasteiger partial charge in [-0.1, -0.05) is 6.07 Å². The molecule has 1 saturated heterocycles. The Morgan fingerprint density at radius 1 is 1.55 bits per heavy atom. The van der Waals surface area contributed by atoms with E-state index < -0.39 is 0 Å². The number of thiophene rings is 1. The van der Waals surface area contributed by atoms with Crippen LogP contribution in [0.5, 0.6) is 0 Å². The highest BCUT2D eigenvalue weighted by molar-refractivity contribution is 7.09. The molecule has 2 aromatic heterocycles. The molecule has 1 N–H and O–H groups in total. The lowest BCUT2D eigenvalue weighted by molar-refractivity contribution is -0.122. The molecule has 6 heteroatoms. The Morgan fingerprint density at radius 2 is 2.45 bits per heavy atom. The maximum atomic E-state index is 12.1. The fraction of sp³-hybridized carbons (Fsp3) is 0.500. The molecular weight excluding hydrogens is 296 g/mol. The van der Waals surface area contributed by atoms with Gasteiger partial charge in [-0.2, -0.15) is 5.10 Å². The van der Waals surface area contributed by atoms with Crippen molar-refractivity contribution in [1.82, 2.24) is 20.0 Å². The van der Waals surface area contributed by atoms with Gasteiger partial charge >= 0.3 is 0 Å². The third-order valence-corrected chi connectivity index (χ3v) is 4.92. The van der Waals surface area contributed by atoms with E-state index in [1.807, 2.05) is 35.3 Å². The molecule has 118 valence electrons. The maximum absolute atomic E-state index is 12.1. The summed E-state index contributed by atoms with van der Waals surface area (Å²) in [5, 5.41) is 9.39. The van der Waals surface area contributed by atoms with E-state index in [1.54, 1.807) is 11.3 Å². The van der Waals surface area contributed by atoms with E-state index >= 15 is 0 Å². The summed E-state index contributed by atoms with van der Waals surface area (Å²) >= 11 is 1.67. The number of hydrogen-bond donors (Lipinski definition) is 1. The lowest BCUT2D eigenvalue weighted by Crippen LogP contribution is -2.41. The van der Waals surface area contributed by atoms with Crippen LogP contribution < -0.4 is 5.32 Å². The quantitative estimate of drug-likeness (QED) is 0.887. The monoisotopic (exact) mass is 318 g/mol. The minimum atomic E-state index is 0.108. The van der Waals surface area contributed by atoms with E-state index in [-0.39, 0.29) is 5.91 Å². The Kier molecular flexibility index (Phi) is 4.90. The van der Waals surface area contributed by atoms with Gasteiger partial charge in [0.15, 0.2) is 0 Å². The molecule has 1 aliphatic rings. The van der Waals surface area contributed by atoms with Gasteiger partial charge in [0.2, 0.25) is 5.91 Å². The number of aryl methyl sites for hydroxylation is 1. The van der Waals surface area contributed by atoms with Gasteiger partial charge in [-0.05, 0) is 43.3 Å². The predicted molar refractivity (Wildman–Crippen MR) is 87.7 cm³/mol. The maximum Gasteiger partial charge on any atom is 0.234 e. The Hall–Kier alpha value is -1.66. The summed E-state index contributed by atoms with van der Waals surface area (Å²) in [6, 6.07) is 4.46. The van der Waals surface area contributed by atoms with Crippen molar-refractivity contribution in [3.8, 4) is 0 Å². The number of carbonyl (C=O) groups excluding carboxylic acids is 1. The van der Waals surface area contributed by atoms with E-state index in [2.05, 4.69) is 21.5 Å². The molecule has 1 atom stereocenters. The lowest BCUT2D eigenvalue weighted by atomic mass is 10.2. The van der Waals surface area contributed by atoms with Crippen LogP contribution in [-0.2, 0) is 17.9 Å². The van der Waals surface area contributed by atoms with Crippen molar-refractivity contribution in [3.05, 3.63) is 40.3 Å². The number of amides is 1. The number of hydrogen-bond acceptors (Lipinski definition) is 4. The predicted octanol–water partition coefficient (Wildman–Crippen LogP) is 2.03. The van der Waals surface area contributed by atoms with Crippen LogP contribution in [0, 0.1) is 6.92 Å². The van der Waals surface area contributed by atoms with Crippen LogP contribution in [0.4, 0.5) is 0 Å². The third kappa shape index (κ3) is 3.96. The molecule has 1 amide bonds. The number of carbonyl (C=O) groups is 1. The summed E-state index contributed by atoms with van der Waals surface area (Å²) < 4.78 is 1.99. The molecule has 2 aromatic rings. The number of rotatable bonds is 6. The third-order valence-electron chi connectivity index (χ3n) is 4.05. The molecule has 3 heterocycles. The number of likely N-dealkylation sites (tertiary alicyclic amines) is 1. The van der Waals surface area contributed by atoms with Gasteiger partial charge in [0.05, 0.1) is 25.8 Å². The molecule has 1 aliphatic heterocycles. The first-order valence-corrected chi connectivity index (χ1v) is 8.61. The zero-order valence-corrected chi connectivity index (χ0v) is 13.7. The van der Waals surface area contributed by atoms with Crippen molar-refractivity contribution in [2.45, 2.75) is 38.9 Å². The molecular formula is C16H22N4OS. The summed E-state index contributed by atoms with van der Waals surface area (Å²) in [5.41, 5.74) is 1.18. The van der Waals surface area contributed by atoms with Crippen molar-refractivity contribution in [3.63, 3.8) is 0 Å². The molecule has 1 fully saturated rings. The van der Waals surface area contributed by atoms with Gasteiger partial charge in [-0.3, -0.25) is 14.4 Å². The van der Waals surface area contributed by atoms with Crippen LogP contribution in [0.25, 0.3) is 0 Å². The Labute approximate surface area is 134 Å². The molecule has 5 nitrogen and oxygen atoms in total. The van der Waals surface area contributed by atoms with Crippen molar-refractivity contribution in [2.75, 3.05) is 13.1 Å². The largest absolute Gasteiger partial charge is 0.350 e. The molecule has 0 unspecified atom stereocenters. The van der Waals surface area contributed by atoms with Crippen LogP contribution in [0.2, 0.25) is 0 Å². The SMILES string of the molecule is Cc1cnn(C[C@H]2CCCN2CC(=O)NCc2cccs2)c1. The molecule has 22 heavy (non-hydrogen) atoms. The Bertz CT molecular complexity index is 607. The summed E-state index contributed by atoms with van der Waals surface area (Å²) in [6.45, 7) is 5.03. The van der Waals surface area contributed by atoms with Crippen molar-refractivity contribution in [2.24, 2.45) is 0 Å². The van der Waals surface area contributed by atoms with Crippen molar-refractivity contribution >= 4 is 17.2 Å². The van der Waals surface area contributed by atoms with Gasteiger partial charge in [0.25, 0.3) is 0 Å². The molecule has 0 saturated carbocycles. The second-order valence-corrected chi connectivity index (χ2v) is 6.89. The summed E-state index contributed by atoms with van der Waals surface area (Å²) in [6.07, 6.45) is 6.24. The zero-order valence-electron chi connectivity index (χ0n) is 12.9. The minimum absolute atomic E-state index is 0.108. The lowest BCUT2D eigenvalue weighted by Gasteiger charge is -2.23. The van der Waals surface area contributed by atoms with E-state index in [9.17, 15) is 4.79 Å². The molecule has 3 rings (SSSR count). The highest BCUT2D eigenvalue weighted by Crippen LogP contribution is 2.18. The summed E-state index contributed by atoms with van der Waals surface area (Å²) in [7, 11) is 0. The molecule has 0 aromatic carbocycles. The highest BCUT2D eigenvalue weighted by atomic mass is 32.1. The smallest absolute Gasteiger partial charge is 0.234 e. The van der Waals surface area contributed by atoms with Gasteiger partial charge < -0.3 is 5.32 Å². The second-order valence-electron chi connectivity index (χ2n) is 5.86. The average Bonchev–Trinajstić information content (AvgIpc) is 3.21. The van der Waals surface area contributed by atoms with Crippen LogP contribution in [-0.4, -0.2) is 39.7 Å². The first-order chi connectivity index (χ1) is 10.7. The standard InChI is InChI=1S/C16H22N4OS/c1-13-8-18-20(10-13)11-14-4-2-6-19(14)12-16(21)17-9-15-5-3-7-22-15/h3,5,7-8,10,14H,2,4,6,9,11-12H2,1H3,(H,17,21)/t14-/m1/s1. The van der Waals surface area contributed by atoms with E-state index in [0.717, 1.165) is 25.9 Å². The molecule has 0 aliphatic carbocycles. The minimum Gasteiger partial charge on any atom is -0.350 e. The normalized spacial score (nSPS) is 18.7. The van der Waals surface area contributed by atoms with Crippen LogP contribution in [0.3, 0.4) is 0 Å². The first kappa shape index (κ1) is 15.2. The Morgan fingerprint density at radius 3 is 3.18 bits per heavy atom.